The lowest BCUT2D eigenvalue weighted by Gasteiger charge is -2.24. The smallest absolute Gasteiger partial charge is 0.122 e. The van der Waals surface area contributed by atoms with E-state index in [1.807, 2.05) is 6.26 Å². The highest BCUT2D eigenvalue weighted by molar-refractivity contribution is 5.17. The Morgan fingerprint density at radius 1 is 1.30 bits per heavy atom. The zero-order valence-electron chi connectivity index (χ0n) is 14.1. The standard InChI is InChI=1S/C17H32N2O/c1-7-14(3)12-19(8-2)13-15-9-10-20-16(15)11-18-17(4,5)6/h9-10,14,18H,7-8,11-13H2,1-6H3. The Morgan fingerprint density at radius 2 is 2.00 bits per heavy atom. The maximum Gasteiger partial charge on any atom is 0.122 e. The molecule has 0 radical (unpaired) electrons. The molecule has 1 aromatic heterocycles. The van der Waals surface area contributed by atoms with Crippen LogP contribution >= 0.6 is 0 Å². The molecule has 0 aromatic carbocycles. The van der Waals surface area contributed by atoms with E-state index >= 15 is 0 Å². The molecule has 3 heteroatoms. The van der Waals surface area contributed by atoms with Gasteiger partial charge < -0.3 is 9.73 Å². The van der Waals surface area contributed by atoms with E-state index in [0.717, 1.165) is 37.9 Å². The van der Waals surface area contributed by atoms with Crippen LogP contribution in [0.2, 0.25) is 0 Å². The van der Waals surface area contributed by atoms with Gasteiger partial charge in [0.05, 0.1) is 12.8 Å². The second kappa shape index (κ2) is 7.84. The molecule has 1 N–H and O–H groups in total. The van der Waals surface area contributed by atoms with Crippen molar-refractivity contribution in [2.24, 2.45) is 5.92 Å². The second-order valence-electron chi connectivity index (χ2n) is 6.81. The molecule has 0 aliphatic rings. The van der Waals surface area contributed by atoms with Crippen LogP contribution in [0.15, 0.2) is 16.7 Å². The molecule has 0 aliphatic heterocycles. The third kappa shape index (κ3) is 6.10. The summed E-state index contributed by atoms with van der Waals surface area (Å²) in [6.45, 7) is 17.4. The van der Waals surface area contributed by atoms with Crippen LogP contribution in [-0.2, 0) is 13.1 Å². The molecule has 1 rings (SSSR count). The average Bonchev–Trinajstić information content (AvgIpc) is 2.81. The van der Waals surface area contributed by atoms with Crippen molar-refractivity contribution in [2.45, 2.75) is 66.6 Å². The molecule has 0 amide bonds. The predicted molar refractivity (Wildman–Crippen MR) is 85.7 cm³/mol. The van der Waals surface area contributed by atoms with Gasteiger partial charge in [-0.1, -0.05) is 27.2 Å². The summed E-state index contributed by atoms with van der Waals surface area (Å²) in [5.74, 6) is 1.82. The lowest BCUT2D eigenvalue weighted by Crippen LogP contribution is -2.35. The molecule has 0 fully saturated rings. The Morgan fingerprint density at radius 3 is 2.55 bits per heavy atom. The van der Waals surface area contributed by atoms with Crippen molar-refractivity contribution < 1.29 is 4.42 Å². The van der Waals surface area contributed by atoms with Crippen molar-refractivity contribution in [3.63, 3.8) is 0 Å². The number of hydrogen-bond acceptors (Lipinski definition) is 3. The minimum atomic E-state index is 0.116. The van der Waals surface area contributed by atoms with E-state index in [1.54, 1.807) is 0 Å². The molecule has 3 nitrogen and oxygen atoms in total. The van der Waals surface area contributed by atoms with Gasteiger partial charge in [-0.2, -0.15) is 0 Å². The fourth-order valence-electron chi connectivity index (χ4n) is 2.12. The number of nitrogens with one attached hydrogen (secondary N) is 1. The third-order valence-electron chi connectivity index (χ3n) is 3.72. The van der Waals surface area contributed by atoms with Crippen molar-refractivity contribution in [3.8, 4) is 0 Å². The van der Waals surface area contributed by atoms with Crippen LogP contribution in [0.3, 0.4) is 0 Å². The molecule has 0 saturated carbocycles. The van der Waals surface area contributed by atoms with Crippen LogP contribution in [-0.4, -0.2) is 23.5 Å². The SMILES string of the molecule is CCC(C)CN(CC)Cc1ccoc1CNC(C)(C)C. The fraction of sp³-hybridized carbons (Fsp3) is 0.765. The summed E-state index contributed by atoms with van der Waals surface area (Å²) in [4.78, 5) is 2.50. The van der Waals surface area contributed by atoms with Crippen LogP contribution in [0.5, 0.6) is 0 Å². The van der Waals surface area contributed by atoms with Gasteiger partial charge in [0.1, 0.15) is 5.76 Å². The number of furan rings is 1. The first kappa shape index (κ1) is 17.3. The fourth-order valence-corrected chi connectivity index (χ4v) is 2.12. The lowest BCUT2D eigenvalue weighted by molar-refractivity contribution is 0.235. The Kier molecular flexibility index (Phi) is 6.77. The van der Waals surface area contributed by atoms with Gasteiger partial charge >= 0.3 is 0 Å². The zero-order valence-corrected chi connectivity index (χ0v) is 14.1. The van der Waals surface area contributed by atoms with Gasteiger partial charge in [0.25, 0.3) is 0 Å². The van der Waals surface area contributed by atoms with Gasteiger partial charge in [-0.3, -0.25) is 4.90 Å². The molecule has 0 bridgehead atoms. The van der Waals surface area contributed by atoms with E-state index in [2.05, 4.69) is 57.8 Å². The van der Waals surface area contributed by atoms with Crippen molar-refractivity contribution in [3.05, 3.63) is 23.7 Å². The van der Waals surface area contributed by atoms with E-state index < -0.39 is 0 Å². The molecule has 1 heterocycles. The second-order valence-corrected chi connectivity index (χ2v) is 6.81. The third-order valence-corrected chi connectivity index (χ3v) is 3.72. The summed E-state index contributed by atoms with van der Waals surface area (Å²) in [6.07, 6.45) is 3.05. The average molecular weight is 280 g/mol. The summed E-state index contributed by atoms with van der Waals surface area (Å²) in [7, 11) is 0. The maximum atomic E-state index is 5.65. The highest BCUT2D eigenvalue weighted by atomic mass is 16.3. The van der Waals surface area contributed by atoms with Crippen LogP contribution in [0, 0.1) is 5.92 Å². The van der Waals surface area contributed by atoms with Crippen molar-refractivity contribution in [2.75, 3.05) is 13.1 Å². The minimum Gasteiger partial charge on any atom is -0.468 e. The van der Waals surface area contributed by atoms with Crippen LogP contribution in [0.1, 0.15) is 59.3 Å². The minimum absolute atomic E-state index is 0.116. The topological polar surface area (TPSA) is 28.4 Å². The maximum absolute atomic E-state index is 5.65. The molecule has 116 valence electrons. The summed E-state index contributed by atoms with van der Waals surface area (Å²) in [6, 6.07) is 2.11. The predicted octanol–water partition coefficient (Wildman–Crippen LogP) is 4.04. The van der Waals surface area contributed by atoms with E-state index in [4.69, 9.17) is 4.42 Å². The van der Waals surface area contributed by atoms with Crippen LogP contribution in [0.25, 0.3) is 0 Å². The Balaban J connectivity index is 2.60. The van der Waals surface area contributed by atoms with E-state index in [0.29, 0.717) is 0 Å². The quantitative estimate of drug-likeness (QED) is 0.779. The van der Waals surface area contributed by atoms with Gasteiger partial charge in [-0.25, -0.2) is 0 Å². The summed E-state index contributed by atoms with van der Waals surface area (Å²) in [5, 5.41) is 3.50. The summed E-state index contributed by atoms with van der Waals surface area (Å²) >= 11 is 0. The van der Waals surface area contributed by atoms with E-state index in [1.165, 1.54) is 12.0 Å². The molecule has 1 unspecified atom stereocenters. The molecule has 1 atom stereocenters. The first-order chi connectivity index (χ1) is 9.35. The lowest BCUT2D eigenvalue weighted by atomic mass is 10.1. The van der Waals surface area contributed by atoms with Gasteiger partial charge in [-0.05, 0) is 39.3 Å². The van der Waals surface area contributed by atoms with Gasteiger partial charge in [-0.15, -0.1) is 0 Å². The zero-order chi connectivity index (χ0) is 15.2. The Labute approximate surface area is 124 Å². The van der Waals surface area contributed by atoms with E-state index in [-0.39, 0.29) is 5.54 Å². The monoisotopic (exact) mass is 280 g/mol. The van der Waals surface area contributed by atoms with Crippen molar-refractivity contribution in [1.82, 2.24) is 10.2 Å². The molecular formula is C17H32N2O. The highest BCUT2D eigenvalue weighted by Gasteiger charge is 2.15. The van der Waals surface area contributed by atoms with Crippen LogP contribution in [0.4, 0.5) is 0 Å². The van der Waals surface area contributed by atoms with Gasteiger partial charge in [0.2, 0.25) is 0 Å². The van der Waals surface area contributed by atoms with Crippen molar-refractivity contribution in [1.29, 1.82) is 0 Å². The van der Waals surface area contributed by atoms with Crippen LogP contribution < -0.4 is 5.32 Å². The highest BCUT2D eigenvalue weighted by Crippen LogP contribution is 2.16. The normalized spacial score (nSPS) is 13.9. The molecule has 0 spiro atoms. The van der Waals surface area contributed by atoms with E-state index in [9.17, 15) is 0 Å². The van der Waals surface area contributed by atoms with Gasteiger partial charge in [0, 0.05) is 24.2 Å². The van der Waals surface area contributed by atoms with Gasteiger partial charge in [0.15, 0.2) is 0 Å². The summed E-state index contributed by atoms with van der Waals surface area (Å²) in [5.41, 5.74) is 1.43. The molecule has 0 saturated heterocycles. The first-order valence-electron chi connectivity index (χ1n) is 7.88. The summed E-state index contributed by atoms with van der Waals surface area (Å²) < 4.78 is 5.65. The number of rotatable bonds is 8. The largest absolute Gasteiger partial charge is 0.468 e. The first-order valence-corrected chi connectivity index (χ1v) is 7.88. The molecule has 1 aromatic rings. The number of hydrogen-bond donors (Lipinski definition) is 1. The van der Waals surface area contributed by atoms with Crippen molar-refractivity contribution >= 4 is 0 Å². The Bertz CT molecular complexity index is 379. The molecule has 20 heavy (non-hydrogen) atoms. The molecule has 0 aliphatic carbocycles. The number of nitrogens with zero attached hydrogens (tertiary/aromatic N) is 1. The molecular weight excluding hydrogens is 248 g/mol. The Hall–Kier alpha value is -0.800.